The van der Waals surface area contributed by atoms with Gasteiger partial charge in [0.15, 0.2) is 0 Å². The van der Waals surface area contributed by atoms with Crippen molar-refractivity contribution in [1.29, 1.82) is 0 Å². The van der Waals surface area contributed by atoms with Gasteiger partial charge in [0.2, 0.25) is 5.91 Å². The first kappa shape index (κ1) is 12.8. The van der Waals surface area contributed by atoms with Crippen LogP contribution in [0.25, 0.3) is 0 Å². The standard InChI is InChI=1S/C12H23N3O2/c1-2-10-9-12(11(13)16,3-8-17-10)15-6-4-14-5-7-15/h10,14H,2-9H2,1H3,(H2,13,16). The normalized spacial score (nSPS) is 35.7. The minimum absolute atomic E-state index is 0.172. The zero-order chi connectivity index (χ0) is 12.3. The van der Waals surface area contributed by atoms with Crippen LogP contribution in [0, 0.1) is 0 Å². The molecule has 0 bridgehead atoms. The van der Waals surface area contributed by atoms with E-state index in [1.165, 1.54) is 0 Å². The molecule has 2 aliphatic rings. The van der Waals surface area contributed by atoms with Crippen LogP contribution in [0.15, 0.2) is 0 Å². The van der Waals surface area contributed by atoms with Gasteiger partial charge in [-0.15, -0.1) is 0 Å². The van der Waals surface area contributed by atoms with E-state index in [2.05, 4.69) is 17.1 Å². The Bertz CT molecular complexity index is 279. The summed E-state index contributed by atoms with van der Waals surface area (Å²) in [5, 5.41) is 3.31. The Hall–Kier alpha value is -0.650. The fourth-order valence-electron chi connectivity index (χ4n) is 2.95. The quantitative estimate of drug-likeness (QED) is 0.712. The molecule has 0 aromatic rings. The molecule has 0 spiro atoms. The van der Waals surface area contributed by atoms with E-state index in [0.29, 0.717) is 6.61 Å². The van der Waals surface area contributed by atoms with Crippen LogP contribution in [0.5, 0.6) is 0 Å². The molecule has 0 aliphatic carbocycles. The third-order valence-corrected chi connectivity index (χ3v) is 4.07. The highest BCUT2D eigenvalue weighted by molar-refractivity contribution is 5.85. The summed E-state index contributed by atoms with van der Waals surface area (Å²) in [5.74, 6) is -0.179. The Kier molecular flexibility index (Phi) is 4.01. The number of carbonyl (C=O) groups excluding carboxylic acids is 1. The first-order valence-electron chi connectivity index (χ1n) is 6.56. The SMILES string of the molecule is CCC1CC(C(N)=O)(N2CCNCC2)CCO1. The molecule has 2 saturated heterocycles. The zero-order valence-corrected chi connectivity index (χ0v) is 10.6. The molecule has 3 N–H and O–H groups in total. The summed E-state index contributed by atoms with van der Waals surface area (Å²) in [4.78, 5) is 14.2. The van der Waals surface area contributed by atoms with Crippen LogP contribution in [-0.2, 0) is 9.53 Å². The second-order valence-electron chi connectivity index (χ2n) is 4.99. The van der Waals surface area contributed by atoms with Gasteiger partial charge in [-0.3, -0.25) is 9.69 Å². The molecule has 2 heterocycles. The van der Waals surface area contributed by atoms with E-state index in [1.807, 2.05) is 0 Å². The van der Waals surface area contributed by atoms with Crippen LogP contribution in [0.2, 0.25) is 0 Å². The molecule has 2 fully saturated rings. The largest absolute Gasteiger partial charge is 0.378 e. The summed E-state index contributed by atoms with van der Waals surface area (Å²) >= 11 is 0. The van der Waals surface area contributed by atoms with Crippen molar-refractivity contribution in [3.63, 3.8) is 0 Å². The first-order valence-corrected chi connectivity index (χ1v) is 6.56. The predicted molar refractivity (Wildman–Crippen MR) is 65.6 cm³/mol. The molecule has 0 radical (unpaired) electrons. The number of nitrogens with zero attached hydrogens (tertiary/aromatic N) is 1. The molecule has 1 amide bonds. The summed E-state index contributed by atoms with van der Waals surface area (Å²) < 4.78 is 5.67. The molecule has 0 aromatic carbocycles. The summed E-state index contributed by atoms with van der Waals surface area (Å²) in [7, 11) is 0. The van der Waals surface area contributed by atoms with Crippen LogP contribution in [-0.4, -0.2) is 55.2 Å². The number of carbonyl (C=O) groups is 1. The highest BCUT2D eigenvalue weighted by Crippen LogP contribution is 2.32. The van der Waals surface area contributed by atoms with Crippen molar-refractivity contribution in [3.05, 3.63) is 0 Å². The minimum atomic E-state index is -0.471. The lowest BCUT2D eigenvalue weighted by Gasteiger charge is -2.47. The average molecular weight is 241 g/mol. The lowest BCUT2D eigenvalue weighted by molar-refractivity contribution is -0.143. The minimum Gasteiger partial charge on any atom is -0.378 e. The number of rotatable bonds is 3. The Morgan fingerprint density at radius 1 is 1.53 bits per heavy atom. The van der Waals surface area contributed by atoms with Gasteiger partial charge in [0.05, 0.1) is 6.10 Å². The average Bonchev–Trinajstić information content (AvgIpc) is 2.39. The Morgan fingerprint density at radius 3 is 2.82 bits per heavy atom. The third-order valence-electron chi connectivity index (χ3n) is 4.07. The molecule has 2 rings (SSSR count). The van der Waals surface area contributed by atoms with Gasteiger partial charge in [-0.1, -0.05) is 6.92 Å². The Balaban J connectivity index is 2.15. The smallest absolute Gasteiger partial charge is 0.238 e. The molecule has 2 atom stereocenters. The molecule has 2 unspecified atom stereocenters. The molecule has 2 aliphatic heterocycles. The van der Waals surface area contributed by atoms with Crippen molar-refractivity contribution in [3.8, 4) is 0 Å². The summed E-state index contributed by atoms with van der Waals surface area (Å²) in [6.07, 6.45) is 2.60. The molecular formula is C12H23N3O2. The first-order chi connectivity index (χ1) is 8.19. The molecule has 5 nitrogen and oxygen atoms in total. The van der Waals surface area contributed by atoms with E-state index in [9.17, 15) is 4.79 Å². The van der Waals surface area contributed by atoms with Crippen LogP contribution in [0.3, 0.4) is 0 Å². The number of primary amides is 1. The predicted octanol–water partition coefficient (Wildman–Crippen LogP) is -0.295. The van der Waals surface area contributed by atoms with E-state index < -0.39 is 5.54 Å². The van der Waals surface area contributed by atoms with Gasteiger partial charge in [-0.2, -0.15) is 0 Å². The molecule has 0 saturated carbocycles. The van der Waals surface area contributed by atoms with E-state index in [-0.39, 0.29) is 12.0 Å². The Morgan fingerprint density at radius 2 is 2.24 bits per heavy atom. The van der Waals surface area contributed by atoms with E-state index in [1.54, 1.807) is 0 Å². The van der Waals surface area contributed by atoms with Gasteiger partial charge in [-0.25, -0.2) is 0 Å². The van der Waals surface area contributed by atoms with Crippen molar-refractivity contribution in [2.24, 2.45) is 5.73 Å². The van der Waals surface area contributed by atoms with Crippen molar-refractivity contribution in [1.82, 2.24) is 10.2 Å². The van der Waals surface area contributed by atoms with Crippen LogP contribution in [0.1, 0.15) is 26.2 Å². The molecular weight excluding hydrogens is 218 g/mol. The van der Waals surface area contributed by atoms with Crippen LogP contribution < -0.4 is 11.1 Å². The van der Waals surface area contributed by atoms with Gasteiger partial charge in [0.1, 0.15) is 5.54 Å². The lowest BCUT2D eigenvalue weighted by Crippen LogP contribution is -2.65. The fourth-order valence-corrected chi connectivity index (χ4v) is 2.95. The highest BCUT2D eigenvalue weighted by atomic mass is 16.5. The maximum Gasteiger partial charge on any atom is 0.238 e. The van der Waals surface area contributed by atoms with Crippen molar-refractivity contribution in [2.45, 2.75) is 37.8 Å². The number of ether oxygens (including phenoxy) is 1. The number of piperazine rings is 1. The highest BCUT2D eigenvalue weighted by Gasteiger charge is 2.46. The monoisotopic (exact) mass is 241 g/mol. The molecule has 17 heavy (non-hydrogen) atoms. The molecule has 98 valence electrons. The zero-order valence-electron chi connectivity index (χ0n) is 10.6. The van der Waals surface area contributed by atoms with Gasteiger partial charge in [-0.05, 0) is 12.8 Å². The van der Waals surface area contributed by atoms with Crippen molar-refractivity contribution in [2.75, 3.05) is 32.8 Å². The number of nitrogens with one attached hydrogen (secondary N) is 1. The second kappa shape index (κ2) is 5.33. The van der Waals surface area contributed by atoms with Crippen molar-refractivity contribution < 1.29 is 9.53 Å². The van der Waals surface area contributed by atoms with Gasteiger partial charge in [0, 0.05) is 39.2 Å². The lowest BCUT2D eigenvalue weighted by atomic mass is 9.83. The van der Waals surface area contributed by atoms with Crippen molar-refractivity contribution >= 4 is 5.91 Å². The maximum absolute atomic E-state index is 11.9. The number of amides is 1. The van der Waals surface area contributed by atoms with Crippen LogP contribution >= 0.6 is 0 Å². The van der Waals surface area contributed by atoms with Gasteiger partial charge < -0.3 is 15.8 Å². The summed E-state index contributed by atoms with van der Waals surface area (Å²) in [6, 6.07) is 0. The third kappa shape index (κ3) is 2.46. The van der Waals surface area contributed by atoms with Crippen LogP contribution in [0.4, 0.5) is 0 Å². The fraction of sp³-hybridized carbons (Fsp3) is 0.917. The van der Waals surface area contributed by atoms with E-state index in [4.69, 9.17) is 10.5 Å². The number of hydrogen-bond acceptors (Lipinski definition) is 4. The van der Waals surface area contributed by atoms with Gasteiger partial charge >= 0.3 is 0 Å². The number of nitrogens with two attached hydrogens (primary N) is 1. The van der Waals surface area contributed by atoms with E-state index in [0.717, 1.165) is 45.4 Å². The molecule has 0 aromatic heterocycles. The maximum atomic E-state index is 11.9. The molecule has 5 heteroatoms. The summed E-state index contributed by atoms with van der Waals surface area (Å²) in [5.41, 5.74) is 5.22. The number of hydrogen-bond donors (Lipinski definition) is 2. The second-order valence-corrected chi connectivity index (χ2v) is 4.99. The van der Waals surface area contributed by atoms with Gasteiger partial charge in [0.25, 0.3) is 0 Å². The Labute approximate surface area is 103 Å². The summed E-state index contributed by atoms with van der Waals surface area (Å²) in [6.45, 7) is 6.42. The van der Waals surface area contributed by atoms with E-state index >= 15 is 0 Å². The topological polar surface area (TPSA) is 67.6 Å².